The topological polar surface area (TPSA) is 35.0 Å². The van der Waals surface area contributed by atoms with E-state index in [1.54, 1.807) is 12.4 Å². The van der Waals surface area contributed by atoms with Gasteiger partial charge in [-0.15, -0.1) is 0 Å². The van der Waals surface area contributed by atoms with Crippen LogP contribution in [0.25, 0.3) is 0 Å². The molecule has 1 unspecified atom stereocenters. The first kappa shape index (κ1) is 12.6. The van der Waals surface area contributed by atoms with Crippen LogP contribution in [0.2, 0.25) is 0 Å². The van der Waals surface area contributed by atoms with Crippen molar-refractivity contribution < 1.29 is 4.74 Å². The molecule has 0 aliphatic heterocycles. The van der Waals surface area contributed by atoms with E-state index in [-0.39, 0.29) is 6.10 Å². The third-order valence-corrected chi connectivity index (χ3v) is 2.81. The molecule has 2 aromatic rings. The number of aromatic nitrogens is 2. The molecular formula is C15H18N2O. The van der Waals surface area contributed by atoms with E-state index in [9.17, 15) is 0 Å². The van der Waals surface area contributed by atoms with Crippen LogP contribution in [-0.2, 0) is 6.42 Å². The van der Waals surface area contributed by atoms with Gasteiger partial charge in [-0.25, -0.2) is 0 Å². The van der Waals surface area contributed by atoms with Crippen molar-refractivity contribution in [2.45, 2.75) is 32.3 Å². The molecule has 0 N–H and O–H groups in total. The summed E-state index contributed by atoms with van der Waals surface area (Å²) in [6.07, 6.45) is 10.7. The van der Waals surface area contributed by atoms with Gasteiger partial charge >= 0.3 is 0 Å². The van der Waals surface area contributed by atoms with Gasteiger partial charge in [-0.3, -0.25) is 9.97 Å². The second kappa shape index (κ2) is 6.74. The Bertz CT molecular complexity index is 445. The largest absolute Gasteiger partial charge is 0.491 e. The molecule has 0 aromatic carbocycles. The van der Waals surface area contributed by atoms with Crippen LogP contribution in [-0.4, -0.2) is 16.1 Å². The van der Waals surface area contributed by atoms with Crippen LogP contribution in [0.5, 0.6) is 5.75 Å². The molecule has 0 aliphatic rings. The Morgan fingerprint density at radius 1 is 1.00 bits per heavy atom. The van der Waals surface area contributed by atoms with Crippen molar-refractivity contribution in [2.24, 2.45) is 0 Å². The Morgan fingerprint density at radius 2 is 1.61 bits per heavy atom. The molecule has 0 saturated heterocycles. The third kappa shape index (κ3) is 4.17. The van der Waals surface area contributed by atoms with Crippen molar-refractivity contribution >= 4 is 0 Å². The van der Waals surface area contributed by atoms with Crippen molar-refractivity contribution in [3.05, 3.63) is 54.6 Å². The summed E-state index contributed by atoms with van der Waals surface area (Å²) in [4.78, 5) is 7.98. The Kier molecular flexibility index (Phi) is 4.70. The molecular weight excluding hydrogens is 224 g/mol. The van der Waals surface area contributed by atoms with Crippen LogP contribution in [0, 0.1) is 0 Å². The third-order valence-electron chi connectivity index (χ3n) is 2.81. The highest BCUT2D eigenvalue weighted by Crippen LogP contribution is 2.13. The minimum Gasteiger partial charge on any atom is -0.491 e. The lowest BCUT2D eigenvalue weighted by Crippen LogP contribution is -2.11. The lowest BCUT2D eigenvalue weighted by atomic mass is 10.1. The summed E-state index contributed by atoms with van der Waals surface area (Å²) in [6, 6.07) is 7.90. The molecule has 2 rings (SSSR count). The van der Waals surface area contributed by atoms with Gasteiger partial charge < -0.3 is 4.74 Å². The standard InChI is InChI=1S/C15H18N2O/c1-13(18-15-7-11-17-12-8-15)3-2-4-14-5-9-16-10-6-14/h5-13H,2-4H2,1H3. The minimum atomic E-state index is 0.231. The lowest BCUT2D eigenvalue weighted by Gasteiger charge is -2.14. The molecule has 3 nitrogen and oxygen atoms in total. The van der Waals surface area contributed by atoms with Crippen LogP contribution in [0.4, 0.5) is 0 Å². The fourth-order valence-electron chi connectivity index (χ4n) is 1.85. The normalized spacial score (nSPS) is 12.1. The first-order chi connectivity index (χ1) is 8.84. The van der Waals surface area contributed by atoms with Crippen molar-refractivity contribution in [1.29, 1.82) is 0 Å². The molecule has 3 heteroatoms. The van der Waals surface area contributed by atoms with Crippen LogP contribution in [0.3, 0.4) is 0 Å². The van der Waals surface area contributed by atoms with E-state index in [4.69, 9.17) is 4.74 Å². The lowest BCUT2D eigenvalue weighted by molar-refractivity contribution is 0.208. The maximum absolute atomic E-state index is 5.80. The second-order valence-electron chi connectivity index (χ2n) is 4.36. The highest BCUT2D eigenvalue weighted by Gasteiger charge is 2.03. The van der Waals surface area contributed by atoms with E-state index in [0.29, 0.717) is 0 Å². The molecule has 94 valence electrons. The van der Waals surface area contributed by atoms with E-state index >= 15 is 0 Å². The van der Waals surface area contributed by atoms with Crippen molar-refractivity contribution in [2.75, 3.05) is 0 Å². The molecule has 0 saturated carbocycles. The number of hydrogen-bond donors (Lipinski definition) is 0. The van der Waals surface area contributed by atoms with Gasteiger partial charge in [-0.2, -0.15) is 0 Å². The van der Waals surface area contributed by atoms with E-state index < -0.39 is 0 Å². The number of ether oxygens (including phenoxy) is 1. The predicted molar refractivity (Wildman–Crippen MR) is 71.5 cm³/mol. The van der Waals surface area contributed by atoms with Crippen molar-refractivity contribution in [3.8, 4) is 5.75 Å². The quantitative estimate of drug-likeness (QED) is 0.779. The average Bonchev–Trinajstić information content (AvgIpc) is 2.41. The second-order valence-corrected chi connectivity index (χ2v) is 4.36. The highest BCUT2D eigenvalue weighted by atomic mass is 16.5. The van der Waals surface area contributed by atoms with Crippen LogP contribution in [0.1, 0.15) is 25.3 Å². The summed E-state index contributed by atoms with van der Waals surface area (Å²) < 4.78 is 5.80. The zero-order chi connectivity index (χ0) is 12.6. The number of rotatable bonds is 6. The summed E-state index contributed by atoms with van der Waals surface area (Å²) in [7, 11) is 0. The number of nitrogens with zero attached hydrogens (tertiary/aromatic N) is 2. The van der Waals surface area contributed by atoms with Gasteiger partial charge in [0.05, 0.1) is 6.10 Å². The van der Waals surface area contributed by atoms with Gasteiger partial charge in [0.15, 0.2) is 0 Å². The van der Waals surface area contributed by atoms with Crippen LogP contribution >= 0.6 is 0 Å². The van der Waals surface area contributed by atoms with Gasteiger partial charge in [0.25, 0.3) is 0 Å². The molecule has 1 atom stereocenters. The highest BCUT2D eigenvalue weighted by molar-refractivity contribution is 5.17. The van der Waals surface area contributed by atoms with Gasteiger partial charge in [0, 0.05) is 24.8 Å². The van der Waals surface area contributed by atoms with Gasteiger partial charge in [0.2, 0.25) is 0 Å². The number of pyridine rings is 2. The van der Waals surface area contributed by atoms with Crippen molar-refractivity contribution in [3.63, 3.8) is 0 Å². The molecule has 0 fully saturated rings. The summed E-state index contributed by atoms with van der Waals surface area (Å²) >= 11 is 0. The first-order valence-electron chi connectivity index (χ1n) is 6.30. The Balaban J connectivity index is 1.71. The van der Waals surface area contributed by atoms with Crippen LogP contribution < -0.4 is 4.74 Å². The molecule has 2 heterocycles. The van der Waals surface area contributed by atoms with E-state index in [0.717, 1.165) is 25.0 Å². The average molecular weight is 242 g/mol. The molecule has 0 spiro atoms. The predicted octanol–water partition coefficient (Wildman–Crippen LogP) is 3.27. The number of aryl methyl sites for hydroxylation is 1. The smallest absolute Gasteiger partial charge is 0.122 e. The van der Waals surface area contributed by atoms with Crippen LogP contribution in [0.15, 0.2) is 49.1 Å². The Hall–Kier alpha value is -1.90. The monoisotopic (exact) mass is 242 g/mol. The van der Waals surface area contributed by atoms with E-state index in [1.165, 1.54) is 5.56 Å². The zero-order valence-electron chi connectivity index (χ0n) is 10.6. The Morgan fingerprint density at radius 3 is 2.28 bits per heavy atom. The summed E-state index contributed by atoms with van der Waals surface area (Å²) in [5.41, 5.74) is 1.33. The minimum absolute atomic E-state index is 0.231. The van der Waals surface area contributed by atoms with Gasteiger partial charge in [0.1, 0.15) is 5.75 Å². The molecule has 0 aliphatic carbocycles. The molecule has 0 amide bonds. The maximum atomic E-state index is 5.80. The van der Waals surface area contributed by atoms with E-state index in [1.807, 2.05) is 24.5 Å². The maximum Gasteiger partial charge on any atom is 0.122 e. The van der Waals surface area contributed by atoms with E-state index in [2.05, 4.69) is 29.0 Å². The van der Waals surface area contributed by atoms with Gasteiger partial charge in [-0.05, 0) is 56.0 Å². The number of hydrogen-bond acceptors (Lipinski definition) is 3. The molecule has 0 radical (unpaired) electrons. The van der Waals surface area contributed by atoms with Gasteiger partial charge in [-0.1, -0.05) is 0 Å². The molecule has 18 heavy (non-hydrogen) atoms. The summed E-state index contributed by atoms with van der Waals surface area (Å²) in [6.45, 7) is 2.10. The molecule has 2 aromatic heterocycles. The summed E-state index contributed by atoms with van der Waals surface area (Å²) in [5.74, 6) is 0.890. The SMILES string of the molecule is CC(CCCc1ccncc1)Oc1ccncc1. The zero-order valence-corrected chi connectivity index (χ0v) is 10.6. The fraction of sp³-hybridized carbons (Fsp3) is 0.333. The first-order valence-corrected chi connectivity index (χ1v) is 6.30. The Labute approximate surface area is 108 Å². The summed E-state index contributed by atoms with van der Waals surface area (Å²) in [5, 5.41) is 0. The van der Waals surface area contributed by atoms with Crippen molar-refractivity contribution in [1.82, 2.24) is 9.97 Å². The fourth-order valence-corrected chi connectivity index (χ4v) is 1.85. The molecule has 0 bridgehead atoms.